The molecular weight excluding hydrogens is 392 g/mol. The van der Waals surface area contributed by atoms with Crippen molar-refractivity contribution in [3.05, 3.63) is 0 Å². The van der Waals surface area contributed by atoms with E-state index in [0.717, 1.165) is 25.7 Å². The summed E-state index contributed by atoms with van der Waals surface area (Å²) in [7, 11) is 0. The minimum absolute atomic E-state index is 0.278. The summed E-state index contributed by atoms with van der Waals surface area (Å²) in [5, 5.41) is 69.2. The summed E-state index contributed by atoms with van der Waals surface area (Å²) in [5.41, 5.74) is 0. The maximum atomic E-state index is 10.5. The molecule has 2 aliphatic heterocycles. The third kappa shape index (κ3) is 6.05. The van der Waals surface area contributed by atoms with Crippen LogP contribution in [0.4, 0.5) is 0 Å². The van der Waals surface area contributed by atoms with Crippen LogP contribution in [-0.2, 0) is 18.9 Å². The van der Waals surface area contributed by atoms with Gasteiger partial charge in [0.05, 0.1) is 13.2 Å². The van der Waals surface area contributed by atoms with Crippen LogP contribution in [0, 0.1) is 0 Å². The highest BCUT2D eigenvalue weighted by Crippen LogP contribution is 2.29. The van der Waals surface area contributed by atoms with Gasteiger partial charge in [0.15, 0.2) is 12.6 Å². The van der Waals surface area contributed by atoms with Crippen molar-refractivity contribution < 1.29 is 54.7 Å². The highest BCUT2D eigenvalue weighted by Gasteiger charge is 2.50. The molecule has 0 aromatic heterocycles. The molecule has 0 amide bonds. The molecule has 0 unspecified atom stereocenters. The fraction of sp³-hybridized carbons (Fsp3) is 1.00. The molecule has 0 aliphatic carbocycles. The number of unbranched alkanes of at least 4 members (excludes halogenated alkanes) is 3. The summed E-state index contributed by atoms with van der Waals surface area (Å²) in [6, 6.07) is 0. The summed E-state index contributed by atoms with van der Waals surface area (Å²) in [4.78, 5) is 0. The number of aliphatic hydroxyl groups excluding tert-OH is 7. The van der Waals surface area contributed by atoms with E-state index in [2.05, 4.69) is 6.92 Å². The van der Waals surface area contributed by atoms with Crippen molar-refractivity contribution in [1.82, 2.24) is 0 Å². The average Bonchev–Trinajstić information content (AvgIpc) is 2.72. The molecular formula is C18H34O11. The van der Waals surface area contributed by atoms with Gasteiger partial charge >= 0.3 is 0 Å². The maximum absolute atomic E-state index is 10.5. The van der Waals surface area contributed by atoms with Crippen molar-refractivity contribution in [2.45, 2.75) is 94.0 Å². The van der Waals surface area contributed by atoms with Crippen molar-refractivity contribution in [3.63, 3.8) is 0 Å². The van der Waals surface area contributed by atoms with E-state index >= 15 is 0 Å². The SMILES string of the molecule is CCCCCCO[C@@H]1O[C@H](CO)[C@H](O)[C@H](O)[C@H]1O[C@@H]1O[C@H](CO)[C@@H](O)[C@H](O)[C@H]1O. The number of hydrogen-bond donors (Lipinski definition) is 7. The number of ether oxygens (including phenoxy) is 4. The second-order valence-electron chi connectivity index (χ2n) is 7.44. The van der Waals surface area contributed by atoms with E-state index in [-0.39, 0.29) is 6.61 Å². The lowest BCUT2D eigenvalue weighted by molar-refractivity contribution is -0.367. The van der Waals surface area contributed by atoms with Gasteiger partial charge in [-0.15, -0.1) is 0 Å². The van der Waals surface area contributed by atoms with Crippen LogP contribution in [0.15, 0.2) is 0 Å². The van der Waals surface area contributed by atoms with Gasteiger partial charge in [0, 0.05) is 6.61 Å². The predicted molar refractivity (Wildman–Crippen MR) is 96.5 cm³/mol. The van der Waals surface area contributed by atoms with Crippen LogP contribution in [-0.4, -0.2) is 117 Å². The Labute approximate surface area is 169 Å². The molecule has 2 rings (SSSR count). The lowest BCUT2D eigenvalue weighted by Crippen LogP contribution is -2.64. The van der Waals surface area contributed by atoms with Crippen LogP contribution in [0.1, 0.15) is 32.6 Å². The number of rotatable bonds is 10. The molecule has 172 valence electrons. The zero-order valence-electron chi connectivity index (χ0n) is 16.5. The van der Waals surface area contributed by atoms with Crippen molar-refractivity contribution in [1.29, 1.82) is 0 Å². The Hall–Kier alpha value is -0.440. The van der Waals surface area contributed by atoms with Gasteiger partial charge in [0.25, 0.3) is 0 Å². The summed E-state index contributed by atoms with van der Waals surface area (Å²) < 4.78 is 22.0. The van der Waals surface area contributed by atoms with Crippen LogP contribution in [0.2, 0.25) is 0 Å². The average molecular weight is 426 g/mol. The van der Waals surface area contributed by atoms with Gasteiger partial charge in [-0.1, -0.05) is 26.2 Å². The van der Waals surface area contributed by atoms with E-state index in [0.29, 0.717) is 0 Å². The highest BCUT2D eigenvalue weighted by atomic mass is 16.8. The van der Waals surface area contributed by atoms with E-state index in [9.17, 15) is 35.7 Å². The Bertz CT molecular complexity index is 465. The van der Waals surface area contributed by atoms with E-state index < -0.39 is 74.6 Å². The van der Waals surface area contributed by atoms with Gasteiger partial charge in [-0.2, -0.15) is 0 Å². The first kappa shape index (κ1) is 24.8. The van der Waals surface area contributed by atoms with E-state index in [4.69, 9.17) is 18.9 Å². The molecule has 0 aromatic rings. The minimum atomic E-state index is -1.68. The first-order valence-corrected chi connectivity index (χ1v) is 10.1. The predicted octanol–water partition coefficient (Wildman–Crippen LogP) is -2.79. The van der Waals surface area contributed by atoms with Crippen LogP contribution in [0.25, 0.3) is 0 Å². The summed E-state index contributed by atoms with van der Waals surface area (Å²) in [6.07, 6.45) is -10.5. The minimum Gasteiger partial charge on any atom is -0.394 e. The Morgan fingerprint density at radius 1 is 0.690 bits per heavy atom. The molecule has 7 N–H and O–H groups in total. The van der Waals surface area contributed by atoms with Crippen molar-refractivity contribution in [2.24, 2.45) is 0 Å². The van der Waals surface area contributed by atoms with Crippen LogP contribution < -0.4 is 0 Å². The van der Waals surface area contributed by atoms with Gasteiger partial charge in [-0.05, 0) is 6.42 Å². The van der Waals surface area contributed by atoms with Crippen molar-refractivity contribution >= 4 is 0 Å². The third-order valence-electron chi connectivity index (χ3n) is 5.24. The fourth-order valence-electron chi connectivity index (χ4n) is 3.40. The Morgan fingerprint density at radius 2 is 1.28 bits per heavy atom. The monoisotopic (exact) mass is 426 g/mol. The molecule has 11 heteroatoms. The van der Waals surface area contributed by atoms with Gasteiger partial charge in [0.2, 0.25) is 0 Å². The molecule has 0 radical (unpaired) electrons. The molecule has 11 nitrogen and oxygen atoms in total. The van der Waals surface area contributed by atoms with Crippen LogP contribution >= 0.6 is 0 Å². The smallest absolute Gasteiger partial charge is 0.187 e. The molecule has 2 heterocycles. The van der Waals surface area contributed by atoms with Crippen LogP contribution in [0.5, 0.6) is 0 Å². The Morgan fingerprint density at radius 3 is 1.86 bits per heavy atom. The molecule has 0 spiro atoms. The molecule has 10 atom stereocenters. The molecule has 2 saturated heterocycles. The third-order valence-corrected chi connectivity index (χ3v) is 5.24. The van der Waals surface area contributed by atoms with E-state index in [1.54, 1.807) is 0 Å². The van der Waals surface area contributed by atoms with Crippen molar-refractivity contribution in [2.75, 3.05) is 19.8 Å². The lowest BCUT2D eigenvalue weighted by atomic mass is 9.97. The summed E-state index contributed by atoms with van der Waals surface area (Å²) in [6.45, 7) is 1.15. The molecule has 2 aliphatic rings. The number of aliphatic hydroxyl groups is 7. The van der Waals surface area contributed by atoms with Crippen LogP contribution in [0.3, 0.4) is 0 Å². The molecule has 0 bridgehead atoms. The fourth-order valence-corrected chi connectivity index (χ4v) is 3.40. The van der Waals surface area contributed by atoms with Gasteiger partial charge in [0.1, 0.15) is 48.8 Å². The Kier molecular flexibility index (Phi) is 10.1. The van der Waals surface area contributed by atoms with Gasteiger partial charge in [-0.25, -0.2) is 0 Å². The van der Waals surface area contributed by atoms with Gasteiger partial charge < -0.3 is 54.7 Å². The molecule has 29 heavy (non-hydrogen) atoms. The molecule has 0 saturated carbocycles. The number of hydrogen-bond acceptors (Lipinski definition) is 11. The zero-order chi connectivity index (χ0) is 21.6. The standard InChI is InChI=1S/C18H34O11/c1-2-3-4-5-6-26-18-16(14(24)12(22)10(8-20)28-18)29-17-15(25)13(23)11(21)9(7-19)27-17/h9-25H,2-8H2,1H3/t9-,10-,11-,12+,13+,14+,15-,16-,17+,18-/m1/s1. The van der Waals surface area contributed by atoms with Gasteiger partial charge in [-0.3, -0.25) is 0 Å². The maximum Gasteiger partial charge on any atom is 0.187 e. The Balaban J connectivity index is 2.07. The zero-order valence-corrected chi connectivity index (χ0v) is 16.5. The largest absolute Gasteiger partial charge is 0.394 e. The second-order valence-corrected chi connectivity index (χ2v) is 7.44. The van der Waals surface area contributed by atoms with Crippen molar-refractivity contribution in [3.8, 4) is 0 Å². The first-order valence-electron chi connectivity index (χ1n) is 10.1. The first-order chi connectivity index (χ1) is 13.8. The normalized spacial score (nSPS) is 43.4. The lowest BCUT2D eigenvalue weighted by Gasteiger charge is -2.45. The molecule has 0 aromatic carbocycles. The highest BCUT2D eigenvalue weighted by molar-refractivity contribution is 4.93. The summed E-state index contributed by atoms with van der Waals surface area (Å²) in [5.74, 6) is 0. The molecule has 2 fully saturated rings. The van der Waals surface area contributed by atoms with E-state index in [1.807, 2.05) is 0 Å². The second kappa shape index (κ2) is 11.8. The summed E-state index contributed by atoms with van der Waals surface area (Å²) >= 11 is 0. The van der Waals surface area contributed by atoms with E-state index in [1.165, 1.54) is 0 Å². The topological polar surface area (TPSA) is 179 Å². The quantitative estimate of drug-likeness (QED) is 0.180.